The zero-order valence-electron chi connectivity index (χ0n) is 17.6. The Morgan fingerprint density at radius 3 is 2.75 bits per heavy atom. The van der Waals surface area contributed by atoms with Gasteiger partial charge >= 0.3 is 6.03 Å². The zero-order chi connectivity index (χ0) is 22.3. The monoisotopic (exact) mass is 436 g/mol. The van der Waals surface area contributed by atoms with Crippen LogP contribution in [0.25, 0.3) is 0 Å². The molecule has 1 saturated heterocycles. The molecule has 2 heterocycles. The van der Waals surface area contributed by atoms with Crippen molar-refractivity contribution in [2.24, 2.45) is 5.92 Å². The van der Waals surface area contributed by atoms with Gasteiger partial charge in [-0.2, -0.15) is 5.10 Å². The van der Waals surface area contributed by atoms with Crippen LogP contribution in [0.5, 0.6) is 0 Å². The molecule has 3 aromatic rings. The summed E-state index contributed by atoms with van der Waals surface area (Å²) in [7, 11) is 0. The smallest absolute Gasteiger partial charge is 0.319 e. The highest BCUT2D eigenvalue weighted by Gasteiger charge is 2.24. The second-order valence-corrected chi connectivity index (χ2v) is 7.89. The van der Waals surface area contributed by atoms with Crippen LogP contribution in [0.3, 0.4) is 0 Å². The van der Waals surface area contributed by atoms with Crippen LogP contribution in [0.2, 0.25) is 0 Å². The molecular formula is C23H25FN6O2. The molecule has 3 amide bonds. The molecule has 2 N–H and O–H groups in total. The molecule has 1 aliphatic heterocycles. The molecule has 32 heavy (non-hydrogen) atoms. The first-order valence-corrected chi connectivity index (χ1v) is 10.6. The molecule has 0 spiro atoms. The number of urea groups is 1. The molecule has 4 rings (SSSR count). The number of piperidine rings is 1. The van der Waals surface area contributed by atoms with Gasteiger partial charge in [-0.3, -0.25) is 4.79 Å². The van der Waals surface area contributed by atoms with Crippen molar-refractivity contribution in [1.82, 2.24) is 25.0 Å². The van der Waals surface area contributed by atoms with Crippen LogP contribution in [0.15, 0.2) is 61.2 Å². The summed E-state index contributed by atoms with van der Waals surface area (Å²) in [5, 5.41) is 9.53. The van der Waals surface area contributed by atoms with Crippen LogP contribution in [-0.2, 0) is 6.54 Å². The number of nitrogens with zero attached hydrogens (tertiary/aromatic N) is 4. The van der Waals surface area contributed by atoms with Crippen molar-refractivity contribution >= 4 is 17.6 Å². The Balaban J connectivity index is 1.27. The maximum Gasteiger partial charge on any atom is 0.319 e. The van der Waals surface area contributed by atoms with Gasteiger partial charge in [-0.05, 0) is 54.7 Å². The highest BCUT2D eigenvalue weighted by molar-refractivity contribution is 5.94. The topological polar surface area (TPSA) is 92.2 Å². The van der Waals surface area contributed by atoms with Crippen LogP contribution in [-0.4, -0.2) is 51.2 Å². The highest BCUT2D eigenvalue weighted by atomic mass is 19.1. The van der Waals surface area contributed by atoms with Crippen molar-refractivity contribution in [2.75, 3.05) is 25.0 Å². The summed E-state index contributed by atoms with van der Waals surface area (Å²) < 4.78 is 15.0. The van der Waals surface area contributed by atoms with Gasteiger partial charge < -0.3 is 15.5 Å². The van der Waals surface area contributed by atoms with Crippen LogP contribution in [0.1, 0.15) is 28.8 Å². The fourth-order valence-corrected chi connectivity index (χ4v) is 3.83. The van der Waals surface area contributed by atoms with Gasteiger partial charge in [0.1, 0.15) is 18.5 Å². The van der Waals surface area contributed by atoms with Crippen molar-refractivity contribution < 1.29 is 14.0 Å². The summed E-state index contributed by atoms with van der Waals surface area (Å²) in [4.78, 5) is 30.8. The molecular weight excluding hydrogens is 411 g/mol. The number of benzene rings is 2. The van der Waals surface area contributed by atoms with Gasteiger partial charge in [0.15, 0.2) is 0 Å². The third kappa shape index (κ3) is 5.69. The molecule has 0 radical (unpaired) electrons. The Labute approximate surface area is 185 Å². The van der Waals surface area contributed by atoms with Gasteiger partial charge in [-0.25, -0.2) is 18.9 Å². The van der Waals surface area contributed by atoms with E-state index in [1.807, 2.05) is 29.2 Å². The fraction of sp³-hybridized carbons (Fsp3) is 0.304. The molecule has 1 unspecified atom stereocenters. The molecule has 0 aliphatic carbocycles. The standard InChI is InChI=1S/C23H25FN6O2/c24-20-4-1-5-21(11-20)28-23(32)26-12-18-3-2-10-29(13-18)22(31)19-8-6-17(7-9-19)14-30-16-25-15-27-30/h1,4-9,11,15-16,18H,2-3,10,12-14H2,(H2,26,28,32). The predicted octanol–water partition coefficient (Wildman–Crippen LogP) is 3.14. The lowest BCUT2D eigenvalue weighted by atomic mass is 9.97. The first kappa shape index (κ1) is 21.5. The average Bonchev–Trinajstić information content (AvgIpc) is 3.31. The third-order valence-corrected chi connectivity index (χ3v) is 5.45. The quantitative estimate of drug-likeness (QED) is 0.621. The lowest BCUT2D eigenvalue weighted by Crippen LogP contribution is -2.44. The molecule has 0 bridgehead atoms. The van der Waals surface area contributed by atoms with E-state index in [9.17, 15) is 14.0 Å². The summed E-state index contributed by atoms with van der Waals surface area (Å²) in [5.41, 5.74) is 2.08. The molecule has 0 saturated carbocycles. The molecule has 9 heteroatoms. The number of amides is 3. The largest absolute Gasteiger partial charge is 0.338 e. The number of carbonyl (C=O) groups excluding carboxylic acids is 2. The Morgan fingerprint density at radius 1 is 1.16 bits per heavy atom. The maximum atomic E-state index is 13.2. The summed E-state index contributed by atoms with van der Waals surface area (Å²) in [6.07, 6.45) is 4.96. The van der Waals surface area contributed by atoms with E-state index < -0.39 is 5.82 Å². The fourth-order valence-electron chi connectivity index (χ4n) is 3.83. The number of aromatic nitrogens is 3. The maximum absolute atomic E-state index is 13.2. The molecule has 1 fully saturated rings. The first-order chi connectivity index (χ1) is 15.6. The van der Waals surface area contributed by atoms with E-state index in [0.29, 0.717) is 37.4 Å². The Bertz CT molecular complexity index is 1050. The van der Waals surface area contributed by atoms with Crippen LogP contribution in [0, 0.1) is 11.7 Å². The second kappa shape index (κ2) is 10.0. The van der Waals surface area contributed by atoms with E-state index >= 15 is 0 Å². The van der Waals surface area contributed by atoms with Gasteiger partial charge in [0.2, 0.25) is 0 Å². The number of halogens is 1. The molecule has 8 nitrogen and oxygen atoms in total. The van der Waals surface area contributed by atoms with Crippen LogP contribution < -0.4 is 10.6 Å². The summed E-state index contributed by atoms with van der Waals surface area (Å²) in [6, 6.07) is 12.9. The summed E-state index contributed by atoms with van der Waals surface area (Å²) in [5.74, 6) is -0.251. The molecule has 166 valence electrons. The number of likely N-dealkylation sites (tertiary alicyclic amines) is 1. The number of anilines is 1. The van der Waals surface area contributed by atoms with Gasteiger partial charge in [0.05, 0.1) is 6.54 Å². The number of rotatable bonds is 6. The SMILES string of the molecule is O=C(NCC1CCCN(C(=O)c2ccc(Cn3cncn3)cc2)C1)Nc1cccc(F)c1. The number of hydrogen-bond donors (Lipinski definition) is 2. The summed E-state index contributed by atoms with van der Waals surface area (Å²) in [6.45, 7) is 2.33. The zero-order valence-corrected chi connectivity index (χ0v) is 17.6. The van der Waals surface area contributed by atoms with Gasteiger partial charge in [-0.15, -0.1) is 0 Å². The molecule has 2 aromatic carbocycles. The number of nitrogens with one attached hydrogen (secondary N) is 2. The van der Waals surface area contributed by atoms with Gasteiger partial charge in [0, 0.05) is 30.9 Å². The Morgan fingerprint density at radius 2 is 2.00 bits per heavy atom. The van der Waals surface area contributed by atoms with Crippen molar-refractivity contribution in [3.63, 3.8) is 0 Å². The van der Waals surface area contributed by atoms with Gasteiger partial charge in [-0.1, -0.05) is 18.2 Å². The lowest BCUT2D eigenvalue weighted by molar-refractivity contribution is 0.0675. The van der Waals surface area contributed by atoms with E-state index in [-0.39, 0.29) is 17.9 Å². The van der Waals surface area contributed by atoms with E-state index in [1.165, 1.54) is 24.5 Å². The molecule has 1 aromatic heterocycles. The van der Waals surface area contributed by atoms with E-state index in [0.717, 1.165) is 18.4 Å². The molecule has 1 aliphatic rings. The minimum absolute atomic E-state index is 0.00813. The first-order valence-electron chi connectivity index (χ1n) is 10.6. The minimum Gasteiger partial charge on any atom is -0.338 e. The Kier molecular flexibility index (Phi) is 6.74. The average molecular weight is 436 g/mol. The lowest BCUT2D eigenvalue weighted by Gasteiger charge is -2.33. The third-order valence-electron chi connectivity index (χ3n) is 5.45. The predicted molar refractivity (Wildman–Crippen MR) is 118 cm³/mol. The van der Waals surface area contributed by atoms with Crippen molar-refractivity contribution in [3.05, 3.63) is 78.1 Å². The normalized spacial score (nSPS) is 15.9. The van der Waals surface area contributed by atoms with Crippen LogP contribution in [0.4, 0.5) is 14.9 Å². The van der Waals surface area contributed by atoms with Crippen LogP contribution >= 0.6 is 0 Å². The number of carbonyl (C=O) groups is 2. The molecule has 1 atom stereocenters. The summed E-state index contributed by atoms with van der Waals surface area (Å²) >= 11 is 0. The van der Waals surface area contributed by atoms with E-state index in [1.54, 1.807) is 17.1 Å². The van der Waals surface area contributed by atoms with Crippen molar-refractivity contribution in [2.45, 2.75) is 19.4 Å². The Hall–Kier alpha value is -3.75. The van der Waals surface area contributed by atoms with E-state index in [2.05, 4.69) is 20.7 Å². The highest BCUT2D eigenvalue weighted by Crippen LogP contribution is 2.19. The number of hydrogen-bond acceptors (Lipinski definition) is 4. The van der Waals surface area contributed by atoms with Crippen molar-refractivity contribution in [3.8, 4) is 0 Å². The van der Waals surface area contributed by atoms with Crippen molar-refractivity contribution in [1.29, 1.82) is 0 Å². The minimum atomic E-state index is -0.407. The second-order valence-electron chi connectivity index (χ2n) is 7.89. The van der Waals surface area contributed by atoms with E-state index in [4.69, 9.17) is 0 Å². The van der Waals surface area contributed by atoms with Gasteiger partial charge in [0.25, 0.3) is 5.91 Å².